The number of fused-ring (bicyclic) bond motifs is 4. The van der Waals surface area contributed by atoms with Crippen LogP contribution in [-0.4, -0.2) is 20.3 Å². The van der Waals surface area contributed by atoms with E-state index in [4.69, 9.17) is 4.98 Å². The van der Waals surface area contributed by atoms with Crippen molar-refractivity contribution in [3.63, 3.8) is 0 Å². The first-order valence-electron chi connectivity index (χ1n) is 11.4. The van der Waals surface area contributed by atoms with Crippen molar-refractivity contribution in [2.75, 3.05) is 0 Å². The van der Waals surface area contributed by atoms with Crippen LogP contribution in [0.1, 0.15) is 30.7 Å². The average molecular weight is 449 g/mol. The number of carbonyl (C=O) groups excluding carboxylic acids is 1. The first-order valence-corrected chi connectivity index (χ1v) is 11.4. The fourth-order valence-electron chi connectivity index (χ4n) is 5.59. The number of hydrogen-bond donors (Lipinski definition) is 0. The van der Waals surface area contributed by atoms with Gasteiger partial charge in [0.25, 0.3) is 0 Å². The van der Waals surface area contributed by atoms with E-state index in [0.717, 1.165) is 40.7 Å². The number of benzene rings is 2. The van der Waals surface area contributed by atoms with Crippen molar-refractivity contribution in [1.82, 2.24) is 14.5 Å². The number of rotatable bonds is 2. The zero-order chi connectivity index (χ0) is 23.4. The minimum absolute atomic E-state index is 0.0860. The highest BCUT2D eigenvalue weighted by Gasteiger charge is 2.42. The number of aromatic nitrogens is 3. The maximum absolute atomic E-state index is 14.3. The SMILES string of the molecule is CC1C(=O)C(C#N)=CC2c3nc(-c4cccc5ncccc45)n(-c4cccc(F)c4)c3CCC12. The molecule has 6 heteroatoms. The Balaban J connectivity index is 1.65. The lowest BCUT2D eigenvalue weighted by molar-refractivity contribution is -0.120. The van der Waals surface area contributed by atoms with Gasteiger partial charge in [0.05, 0.1) is 22.5 Å². The van der Waals surface area contributed by atoms with E-state index in [-0.39, 0.29) is 34.9 Å². The zero-order valence-electron chi connectivity index (χ0n) is 18.6. The number of nitrogens with zero attached hydrogens (tertiary/aromatic N) is 4. The topological polar surface area (TPSA) is 71.6 Å². The number of carbonyl (C=O) groups is 1. The molecule has 2 heterocycles. The maximum atomic E-state index is 14.3. The molecular weight excluding hydrogens is 427 g/mol. The fraction of sp³-hybridized carbons (Fsp3) is 0.214. The molecule has 2 aromatic carbocycles. The van der Waals surface area contributed by atoms with Gasteiger partial charge in [-0.05, 0) is 49.1 Å². The monoisotopic (exact) mass is 448 g/mol. The molecule has 0 bridgehead atoms. The molecule has 3 atom stereocenters. The summed E-state index contributed by atoms with van der Waals surface area (Å²) in [5.41, 5.74) is 4.53. The molecule has 0 fully saturated rings. The second kappa shape index (κ2) is 7.74. The summed E-state index contributed by atoms with van der Waals surface area (Å²) in [5, 5.41) is 10.5. The third-order valence-corrected chi connectivity index (χ3v) is 7.24. The van der Waals surface area contributed by atoms with Gasteiger partial charge in [-0.25, -0.2) is 9.37 Å². The summed E-state index contributed by atoms with van der Waals surface area (Å²) in [4.78, 5) is 22.3. The van der Waals surface area contributed by atoms with Crippen molar-refractivity contribution in [3.8, 4) is 23.1 Å². The van der Waals surface area contributed by atoms with E-state index in [1.54, 1.807) is 18.3 Å². The lowest BCUT2D eigenvalue weighted by Crippen LogP contribution is -2.34. The minimum atomic E-state index is -0.317. The predicted octanol–water partition coefficient (Wildman–Crippen LogP) is 5.54. The molecule has 2 aliphatic carbocycles. The lowest BCUT2D eigenvalue weighted by Gasteiger charge is -2.36. The summed E-state index contributed by atoms with van der Waals surface area (Å²) in [5.74, 6) is 0.0382. The van der Waals surface area contributed by atoms with Gasteiger partial charge in [-0.1, -0.05) is 37.3 Å². The van der Waals surface area contributed by atoms with Gasteiger partial charge in [0.2, 0.25) is 0 Å². The number of halogens is 1. The molecule has 0 saturated carbocycles. The molecule has 3 unspecified atom stereocenters. The van der Waals surface area contributed by atoms with Crippen LogP contribution in [0.3, 0.4) is 0 Å². The average Bonchev–Trinajstić information content (AvgIpc) is 3.25. The highest BCUT2D eigenvalue weighted by molar-refractivity contribution is 6.02. The number of pyridine rings is 1. The van der Waals surface area contributed by atoms with Crippen LogP contribution in [0.5, 0.6) is 0 Å². The van der Waals surface area contributed by atoms with Crippen LogP contribution in [0.4, 0.5) is 4.39 Å². The molecule has 0 aliphatic heterocycles. The summed E-state index contributed by atoms with van der Waals surface area (Å²) >= 11 is 0. The Morgan fingerprint density at radius 1 is 1.15 bits per heavy atom. The Bertz CT molecular complexity index is 1540. The largest absolute Gasteiger partial charge is 0.296 e. The van der Waals surface area contributed by atoms with Gasteiger partial charge < -0.3 is 0 Å². The smallest absolute Gasteiger partial charge is 0.176 e. The predicted molar refractivity (Wildman–Crippen MR) is 127 cm³/mol. The number of imidazole rings is 1. The van der Waals surface area contributed by atoms with Crippen molar-refractivity contribution in [1.29, 1.82) is 5.26 Å². The molecule has 2 aromatic heterocycles. The van der Waals surface area contributed by atoms with Crippen LogP contribution >= 0.6 is 0 Å². The Kier molecular flexibility index (Phi) is 4.66. The molecule has 0 amide bonds. The molecular formula is C28H21FN4O. The standard InChI is InChI=1S/C28H21FN4O/c1-16-20-10-11-25-26(23(20)13-17(15-30)27(16)34)32-28(33(25)19-6-2-5-18(29)14-19)22-7-3-9-24-21(22)8-4-12-31-24/h2-9,12-14,16,20,23H,10-11H2,1H3. The fourth-order valence-corrected chi connectivity index (χ4v) is 5.59. The van der Waals surface area contributed by atoms with Gasteiger partial charge in [0.1, 0.15) is 17.7 Å². The first kappa shape index (κ1) is 20.5. The summed E-state index contributed by atoms with van der Waals surface area (Å²) in [6, 6.07) is 18.4. The molecule has 2 aliphatic rings. The summed E-state index contributed by atoms with van der Waals surface area (Å²) in [7, 11) is 0. The van der Waals surface area contributed by atoms with Crippen molar-refractivity contribution < 1.29 is 9.18 Å². The van der Waals surface area contributed by atoms with E-state index in [1.807, 2.05) is 47.9 Å². The van der Waals surface area contributed by atoms with E-state index in [0.29, 0.717) is 11.5 Å². The highest BCUT2D eigenvalue weighted by Crippen LogP contribution is 2.47. The highest BCUT2D eigenvalue weighted by atomic mass is 19.1. The molecule has 0 saturated heterocycles. The van der Waals surface area contributed by atoms with Gasteiger partial charge in [-0.3, -0.25) is 14.3 Å². The van der Waals surface area contributed by atoms with Crippen LogP contribution in [0.15, 0.2) is 72.4 Å². The molecule has 0 spiro atoms. The maximum Gasteiger partial charge on any atom is 0.176 e. The van der Waals surface area contributed by atoms with E-state index in [2.05, 4.69) is 11.1 Å². The van der Waals surface area contributed by atoms with E-state index < -0.39 is 0 Å². The summed E-state index contributed by atoms with van der Waals surface area (Å²) in [6.45, 7) is 1.91. The molecule has 6 rings (SSSR count). The Labute approximate surface area is 196 Å². The van der Waals surface area contributed by atoms with Crippen molar-refractivity contribution in [2.45, 2.75) is 25.7 Å². The first-order chi connectivity index (χ1) is 16.6. The Hall–Kier alpha value is -4.11. The second-order valence-electron chi connectivity index (χ2n) is 9.03. The molecule has 0 radical (unpaired) electrons. The number of Topliss-reactive ketones (excluding diaryl/α,β-unsaturated/α-hetero) is 1. The number of ketones is 1. The van der Waals surface area contributed by atoms with E-state index >= 15 is 0 Å². The van der Waals surface area contributed by atoms with Crippen molar-refractivity contribution >= 4 is 16.7 Å². The van der Waals surface area contributed by atoms with Crippen molar-refractivity contribution in [3.05, 3.63) is 89.6 Å². The lowest BCUT2D eigenvalue weighted by atomic mass is 9.67. The van der Waals surface area contributed by atoms with Crippen molar-refractivity contribution in [2.24, 2.45) is 11.8 Å². The summed E-state index contributed by atoms with van der Waals surface area (Å²) in [6.07, 6.45) is 5.07. The number of nitriles is 1. The van der Waals surface area contributed by atoms with Gasteiger partial charge in [0.15, 0.2) is 5.78 Å². The van der Waals surface area contributed by atoms with Crippen LogP contribution in [0, 0.1) is 29.0 Å². The molecule has 34 heavy (non-hydrogen) atoms. The molecule has 4 aromatic rings. The zero-order valence-corrected chi connectivity index (χ0v) is 18.6. The third-order valence-electron chi connectivity index (χ3n) is 7.24. The Morgan fingerprint density at radius 2 is 2.00 bits per heavy atom. The normalized spacial score (nSPS) is 21.5. The Morgan fingerprint density at radius 3 is 2.82 bits per heavy atom. The molecule has 0 N–H and O–H groups in total. The van der Waals surface area contributed by atoms with Crippen LogP contribution in [0.2, 0.25) is 0 Å². The quantitative estimate of drug-likeness (QED) is 0.404. The van der Waals surface area contributed by atoms with Crippen LogP contribution < -0.4 is 0 Å². The van der Waals surface area contributed by atoms with E-state index in [1.165, 1.54) is 12.1 Å². The van der Waals surface area contributed by atoms with Gasteiger partial charge in [0, 0.05) is 34.7 Å². The number of hydrogen-bond acceptors (Lipinski definition) is 4. The van der Waals surface area contributed by atoms with Gasteiger partial charge >= 0.3 is 0 Å². The molecule has 5 nitrogen and oxygen atoms in total. The minimum Gasteiger partial charge on any atom is -0.296 e. The van der Waals surface area contributed by atoms with Crippen LogP contribution in [-0.2, 0) is 11.2 Å². The van der Waals surface area contributed by atoms with Crippen LogP contribution in [0.25, 0.3) is 28.0 Å². The second-order valence-corrected chi connectivity index (χ2v) is 9.03. The molecule has 166 valence electrons. The third kappa shape index (κ3) is 3.01. The number of allylic oxidation sites excluding steroid dienone is 2. The van der Waals surface area contributed by atoms with E-state index in [9.17, 15) is 14.4 Å². The van der Waals surface area contributed by atoms with Gasteiger partial charge in [-0.15, -0.1) is 0 Å². The summed E-state index contributed by atoms with van der Waals surface area (Å²) < 4.78 is 16.4. The van der Waals surface area contributed by atoms with Gasteiger partial charge in [-0.2, -0.15) is 5.26 Å².